The van der Waals surface area contributed by atoms with Gasteiger partial charge in [-0.3, -0.25) is 4.79 Å². The summed E-state index contributed by atoms with van der Waals surface area (Å²) in [6.45, 7) is 10.7. The fraction of sp³-hybridized carbons (Fsp3) is 0.619. The van der Waals surface area contributed by atoms with Gasteiger partial charge in [0.05, 0.1) is 17.1 Å². The molecule has 158 valence electrons. The van der Waals surface area contributed by atoms with E-state index >= 15 is 0 Å². The van der Waals surface area contributed by atoms with Crippen LogP contribution in [0.4, 0.5) is 0 Å². The van der Waals surface area contributed by atoms with Gasteiger partial charge < -0.3 is 15.2 Å². The summed E-state index contributed by atoms with van der Waals surface area (Å²) < 4.78 is 2.23. The van der Waals surface area contributed by atoms with Gasteiger partial charge in [0.25, 0.3) is 0 Å². The van der Waals surface area contributed by atoms with Crippen molar-refractivity contribution in [2.75, 3.05) is 13.1 Å². The zero-order valence-corrected chi connectivity index (χ0v) is 18.9. The third kappa shape index (κ3) is 5.62. The highest BCUT2D eigenvalue weighted by atomic mass is 35.5. The average molecular weight is 429 g/mol. The molecule has 0 saturated carbocycles. The molecule has 5 nitrogen and oxygen atoms in total. The summed E-state index contributed by atoms with van der Waals surface area (Å²) in [6, 6.07) is 8.37. The number of para-hydroxylation sites is 2. The first-order chi connectivity index (χ1) is 12.5. The van der Waals surface area contributed by atoms with Gasteiger partial charge in [-0.2, -0.15) is 0 Å². The van der Waals surface area contributed by atoms with E-state index in [0.29, 0.717) is 24.3 Å². The highest BCUT2D eigenvalue weighted by Crippen LogP contribution is 2.26. The summed E-state index contributed by atoms with van der Waals surface area (Å²) in [4.78, 5) is 17.4. The molecule has 2 atom stereocenters. The van der Waals surface area contributed by atoms with Crippen LogP contribution in [0.25, 0.3) is 11.0 Å². The number of amides is 1. The lowest BCUT2D eigenvalue weighted by Gasteiger charge is -2.28. The van der Waals surface area contributed by atoms with Crippen LogP contribution in [0.1, 0.15) is 64.9 Å². The van der Waals surface area contributed by atoms with Crippen molar-refractivity contribution in [2.45, 2.75) is 59.0 Å². The molecule has 1 amide bonds. The fourth-order valence-corrected chi connectivity index (χ4v) is 4.15. The molecule has 2 heterocycles. The average Bonchev–Trinajstić information content (AvgIpc) is 3.02. The Morgan fingerprint density at radius 2 is 1.82 bits per heavy atom. The van der Waals surface area contributed by atoms with E-state index in [1.54, 1.807) is 0 Å². The minimum atomic E-state index is -0.0995. The Balaban J connectivity index is 0.00000196. The minimum absolute atomic E-state index is 0. The number of carbonyl (C=O) groups excluding carboxylic acids is 1. The van der Waals surface area contributed by atoms with E-state index in [4.69, 9.17) is 4.98 Å². The Labute approximate surface area is 180 Å². The maximum Gasteiger partial charge on any atom is 0.220 e. The van der Waals surface area contributed by atoms with Crippen molar-refractivity contribution in [3.63, 3.8) is 0 Å². The predicted octanol–water partition coefficient (Wildman–Crippen LogP) is 4.66. The fourth-order valence-electron chi connectivity index (χ4n) is 4.15. The molecule has 2 aromatic rings. The molecule has 0 spiro atoms. The number of carbonyl (C=O) groups is 1. The molecule has 0 bridgehead atoms. The Kier molecular flexibility index (Phi) is 9.75. The topological polar surface area (TPSA) is 59.0 Å². The highest BCUT2D eigenvalue weighted by Gasteiger charge is 2.24. The Hall–Kier alpha value is -1.30. The molecule has 7 heteroatoms. The summed E-state index contributed by atoms with van der Waals surface area (Å²) in [7, 11) is 0. The van der Waals surface area contributed by atoms with Crippen molar-refractivity contribution in [2.24, 2.45) is 11.8 Å². The molecule has 1 aromatic heterocycles. The number of halogens is 2. The number of aromatic nitrogens is 2. The molecule has 1 aliphatic heterocycles. The second-order valence-electron chi connectivity index (χ2n) is 7.98. The van der Waals surface area contributed by atoms with E-state index in [1.807, 2.05) is 25.1 Å². The summed E-state index contributed by atoms with van der Waals surface area (Å²) >= 11 is 0. The molecular weight excluding hydrogens is 395 g/mol. The highest BCUT2D eigenvalue weighted by molar-refractivity contribution is 5.85. The van der Waals surface area contributed by atoms with Crippen LogP contribution >= 0.6 is 24.8 Å². The quantitative estimate of drug-likeness (QED) is 0.702. The number of fused-ring (bicyclic) bond motifs is 1. The van der Waals surface area contributed by atoms with E-state index in [9.17, 15) is 4.79 Å². The molecule has 1 aliphatic rings. The Bertz CT molecular complexity index is 756. The third-order valence-electron chi connectivity index (χ3n) is 5.60. The van der Waals surface area contributed by atoms with Crippen molar-refractivity contribution >= 4 is 41.8 Å². The monoisotopic (exact) mass is 428 g/mol. The van der Waals surface area contributed by atoms with Crippen LogP contribution in [-0.2, 0) is 4.79 Å². The lowest BCUT2D eigenvalue weighted by molar-refractivity contribution is -0.123. The molecule has 2 unspecified atom stereocenters. The number of nitrogens with one attached hydrogen (secondary N) is 2. The van der Waals surface area contributed by atoms with Crippen LogP contribution in [0, 0.1) is 11.8 Å². The molecular formula is C21H34Cl2N4O. The van der Waals surface area contributed by atoms with Crippen molar-refractivity contribution in [1.82, 2.24) is 20.2 Å². The van der Waals surface area contributed by atoms with Crippen molar-refractivity contribution in [3.05, 3.63) is 30.1 Å². The Morgan fingerprint density at radius 3 is 2.46 bits per heavy atom. The molecule has 0 aliphatic carbocycles. The van der Waals surface area contributed by atoms with Gasteiger partial charge in [0.2, 0.25) is 5.91 Å². The number of imidazole rings is 1. The summed E-state index contributed by atoms with van der Waals surface area (Å²) in [5.74, 6) is 2.14. The van der Waals surface area contributed by atoms with Crippen molar-refractivity contribution in [3.8, 4) is 0 Å². The van der Waals surface area contributed by atoms with Crippen molar-refractivity contribution in [1.29, 1.82) is 0 Å². The maximum atomic E-state index is 12.6. The van der Waals surface area contributed by atoms with Crippen LogP contribution < -0.4 is 10.6 Å². The van der Waals surface area contributed by atoms with Gasteiger partial charge in [0.1, 0.15) is 5.82 Å². The molecule has 2 N–H and O–H groups in total. The molecule has 1 saturated heterocycles. The van der Waals surface area contributed by atoms with Crippen LogP contribution in [0.15, 0.2) is 24.3 Å². The normalized spacial score (nSPS) is 16.9. The first-order valence-corrected chi connectivity index (χ1v) is 9.94. The second-order valence-corrected chi connectivity index (χ2v) is 7.98. The van der Waals surface area contributed by atoms with E-state index < -0.39 is 0 Å². The van der Waals surface area contributed by atoms with E-state index in [-0.39, 0.29) is 36.8 Å². The minimum Gasteiger partial charge on any atom is -0.346 e. The number of hydrogen-bond donors (Lipinski definition) is 2. The second kappa shape index (κ2) is 11.0. The van der Waals surface area contributed by atoms with Gasteiger partial charge >= 0.3 is 0 Å². The number of hydrogen-bond acceptors (Lipinski definition) is 3. The number of piperidine rings is 1. The standard InChI is InChI=1S/C21H32N4O.2ClH/c1-14(2)25-19-8-6-5-7-18(19)24-21(25)16(4)23-20(26)13-15(3)17-9-11-22-12-10-17;;/h5-8,14-17,22H,9-13H2,1-4H3,(H,23,26);2*1H. The molecule has 1 aromatic carbocycles. The summed E-state index contributed by atoms with van der Waals surface area (Å²) in [5.41, 5.74) is 2.11. The number of rotatable bonds is 6. The lowest BCUT2D eigenvalue weighted by Crippen LogP contribution is -2.34. The van der Waals surface area contributed by atoms with Crippen LogP contribution in [-0.4, -0.2) is 28.5 Å². The van der Waals surface area contributed by atoms with Gasteiger partial charge in [-0.05, 0) is 70.7 Å². The van der Waals surface area contributed by atoms with Gasteiger partial charge in [-0.25, -0.2) is 4.98 Å². The zero-order chi connectivity index (χ0) is 18.7. The Morgan fingerprint density at radius 1 is 1.18 bits per heavy atom. The largest absolute Gasteiger partial charge is 0.346 e. The van der Waals surface area contributed by atoms with Gasteiger partial charge in [-0.15, -0.1) is 24.8 Å². The van der Waals surface area contributed by atoms with Gasteiger partial charge in [0, 0.05) is 12.5 Å². The lowest BCUT2D eigenvalue weighted by atomic mass is 9.84. The smallest absolute Gasteiger partial charge is 0.220 e. The summed E-state index contributed by atoms with van der Waals surface area (Å²) in [6.07, 6.45) is 2.94. The van der Waals surface area contributed by atoms with Crippen LogP contribution in [0.2, 0.25) is 0 Å². The third-order valence-corrected chi connectivity index (χ3v) is 5.60. The molecule has 1 fully saturated rings. The van der Waals surface area contributed by atoms with E-state index in [1.165, 1.54) is 12.8 Å². The van der Waals surface area contributed by atoms with Crippen LogP contribution in [0.5, 0.6) is 0 Å². The van der Waals surface area contributed by atoms with Crippen LogP contribution in [0.3, 0.4) is 0 Å². The van der Waals surface area contributed by atoms with Gasteiger partial charge in [0.15, 0.2) is 0 Å². The van der Waals surface area contributed by atoms with Gasteiger partial charge in [-0.1, -0.05) is 19.1 Å². The molecule has 3 rings (SSSR count). The first kappa shape index (κ1) is 24.7. The molecule has 0 radical (unpaired) electrons. The maximum absolute atomic E-state index is 12.6. The van der Waals surface area contributed by atoms with Crippen molar-refractivity contribution < 1.29 is 4.79 Å². The zero-order valence-electron chi connectivity index (χ0n) is 17.3. The van der Waals surface area contributed by atoms with E-state index in [2.05, 4.69) is 42.0 Å². The summed E-state index contributed by atoms with van der Waals surface area (Å²) in [5, 5.41) is 6.58. The number of nitrogens with zero attached hydrogens (tertiary/aromatic N) is 2. The first-order valence-electron chi connectivity index (χ1n) is 9.94. The molecule has 28 heavy (non-hydrogen) atoms. The predicted molar refractivity (Wildman–Crippen MR) is 121 cm³/mol. The SMILES string of the molecule is CC(NC(=O)CC(C)C1CCNCC1)c1nc2ccccc2n1C(C)C.Cl.Cl. The number of benzene rings is 1. The van der Waals surface area contributed by atoms with E-state index in [0.717, 1.165) is 29.9 Å².